The van der Waals surface area contributed by atoms with Crippen LogP contribution < -0.4 is 5.73 Å². The molecular weight excluding hydrogens is 432 g/mol. The van der Waals surface area contributed by atoms with Gasteiger partial charge in [0, 0.05) is 6.54 Å². The van der Waals surface area contributed by atoms with Crippen LogP contribution in [0.5, 0.6) is 0 Å². The van der Waals surface area contributed by atoms with E-state index in [9.17, 15) is 0 Å². The quantitative estimate of drug-likeness (QED) is 0.303. The Kier molecular flexibility index (Phi) is 6.80. The first-order chi connectivity index (χ1) is 17.3. The van der Waals surface area contributed by atoms with Gasteiger partial charge in [-0.1, -0.05) is 115 Å². The van der Waals surface area contributed by atoms with Crippen molar-refractivity contribution in [3.63, 3.8) is 0 Å². The molecule has 0 unspecified atom stereocenters. The van der Waals surface area contributed by atoms with Gasteiger partial charge in [-0.05, 0) is 27.8 Å². The van der Waals surface area contributed by atoms with E-state index in [0.29, 0.717) is 25.6 Å². The predicted octanol–water partition coefficient (Wildman–Crippen LogP) is 5.29. The second-order valence-corrected chi connectivity index (χ2v) is 8.43. The third-order valence-corrected chi connectivity index (χ3v) is 6.18. The zero-order chi connectivity index (χ0) is 23.9. The molecule has 0 spiro atoms. The van der Waals surface area contributed by atoms with Crippen LogP contribution in [0.4, 0.5) is 0 Å². The summed E-state index contributed by atoms with van der Waals surface area (Å²) in [5.74, 6) is 0.632. The zero-order valence-corrected chi connectivity index (χ0v) is 19.5. The second kappa shape index (κ2) is 10.5. The number of ether oxygens (including phenoxy) is 1. The number of rotatable bonds is 9. The van der Waals surface area contributed by atoms with Crippen molar-refractivity contribution in [2.75, 3.05) is 0 Å². The summed E-state index contributed by atoms with van der Waals surface area (Å²) in [7, 11) is 0. The number of hydrogen-bond donors (Lipinski definition) is 1. The fourth-order valence-corrected chi connectivity index (χ4v) is 4.57. The molecular formula is C30H28N4O. The summed E-state index contributed by atoms with van der Waals surface area (Å²) in [5.41, 5.74) is 10.6. The Morgan fingerprint density at radius 2 is 1.20 bits per heavy atom. The Bertz CT molecular complexity index is 1250. The Morgan fingerprint density at radius 3 is 1.74 bits per heavy atom. The molecule has 0 aliphatic rings. The summed E-state index contributed by atoms with van der Waals surface area (Å²) in [6.45, 7) is 1.30. The van der Waals surface area contributed by atoms with E-state index in [2.05, 4.69) is 83.8 Å². The van der Waals surface area contributed by atoms with Crippen LogP contribution in [0.15, 0.2) is 122 Å². The number of nitrogens with two attached hydrogens (primary N) is 1. The lowest BCUT2D eigenvalue weighted by molar-refractivity contribution is 0.101. The molecule has 1 heterocycles. The van der Waals surface area contributed by atoms with Crippen LogP contribution in [0.3, 0.4) is 0 Å². The lowest BCUT2D eigenvalue weighted by Gasteiger charge is -2.35. The van der Waals surface area contributed by atoms with E-state index in [1.165, 1.54) is 0 Å². The molecule has 35 heavy (non-hydrogen) atoms. The molecule has 0 bridgehead atoms. The summed E-state index contributed by atoms with van der Waals surface area (Å²) < 4.78 is 7.93. The van der Waals surface area contributed by atoms with Crippen molar-refractivity contribution in [2.24, 2.45) is 5.73 Å². The van der Waals surface area contributed by atoms with Gasteiger partial charge in [0.05, 0.1) is 6.61 Å². The highest BCUT2D eigenvalue weighted by Gasteiger charge is 2.39. The molecule has 0 amide bonds. The first kappa shape index (κ1) is 22.7. The van der Waals surface area contributed by atoms with Crippen molar-refractivity contribution in [3.8, 4) is 0 Å². The lowest BCUT2D eigenvalue weighted by atomic mass is 9.77. The second-order valence-electron chi connectivity index (χ2n) is 8.43. The van der Waals surface area contributed by atoms with Gasteiger partial charge in [0.25, 0.3) is 0 Å². The monoisotopic (exact) mass is 460 g/mol. The van der Waals surface area contributed by atoms with Gasteiger partial charge < -0.3 is 10.5 Å². The fourth-order valence-electron chi connectivity index (χ4n) is 4.57. The molecule has 2 N–H and O–H groups in total. The van der Waals surface area contributed by atoms with E-state index in [1.807, 2.05) is 41.1 Å². The van der Waals surface area contributed by atoms with E-state index in [1.54, 1.807) is 6.33 Å². The highest BCUT2D eigenvalue weighted by molar-refractivity contribution is 5.50. The molecule has 174 valence electrons. The third kappa shape index (κ3) is 4.64. The minimum atomic E-state index is -0.676. The number of hydrogen-bond acceptors (Lipinski definition) is 4. The van der Waals surface area contributed by atoms with Crippen LogP contribution in [0.25, 0.3) is 0 Å². The minimum Gasteiger partial charge on any atom is -0.369 e. The molecule has 5 nitrogen and oxygen atoms in total. The molecule has 4 aromatic carbocycles. The summed E-state index contributed by atoms with van der Waals surface area (Å²) in [4.78, 5) is 4.63. The average molecular weight is 461 g/mol. The molecule has 1 aromatic heterocycles. The highest BCUT2D eigenvalue weighted by atomic mass is 16.5. The minimum absolute atomic E-state index is 0.314. The van der Waals surface area contributed by atoms with Gasteiger partial charge in [-0.2, -0.15) is 5.10 Å². The van der Waals surface area contributed by atoms with E-state index >= 15 is 0 Å². The fraction of sp³-hybridized carbons (Fsp3) is 0.133. The Labute approximate surface area is 205 Å². The SMILES string of the molecule is NCc1cccc(COCc2ncn(C(c3ccccc3)(c3ccccc3)c3ccccc3)n2)c1. The van der Waals surface area contributed by atoms with Crippen LogP contribution in [0.1, 0.15) is 33.6 Å². The van der Waals surface area contributed by atoms with Crippen molar-refractivity contribution in [2.45, 2.75) is 25.3 Å². The smallest absolute Gasteiger partial charge is 0.176 e. The van der Waals surface area contributed by atoms with Gasteiger partial charge in [-0.25, -0.2) is 9.67 Å². The number of aromatic nitrogens is 3. The molecule has 5 aromatic rings. The van der Waals surface area contributed by atoms with Gasteiger partial charge in [-0.15, -0.1) is 0 Å². The number of benzene rings is 4. The van der Waals surface area contributed by atoms with Crippen LogP contribution in [0.2, 0.25) is 0 Å². The van der Waals surface area contributed by atoms with Crippen molar-refractivity contribution in [1.29, 1.82) is 0 Å². The summed E-state index contributed by atoms with van der Waals surface area (Å²) in [5, 5.41) is 4.94. The molecule has 0 radical (unpaired) electrons. The third-order valence-electron chi connectivity index (χ3n) is 6.18. The largest absolute Gasteiger partial charge is 0.369 e. The normalized spacial score (nSPS) is 11.5. The average Bonchev–Trinajstić information content (AvgIpc) is 3.40. The molecule has 0 saturated carbocycles. The van der Waals surface area contributed by atoms with E-state index < -0.39 is 5.54 Å². The maximum Gasteiger partial charge on any atom is 0.176 e. The summed E-state index contributed by atoms with van der Waals surface area (Å²) in [6, 6.07) is 39.4. The van der Waals surface area contributed by atoms with Crippen LogP contribution in [-0.2, 0) is 30.0 Å². The Hall–Kier alpha value is -4.06. The van der Waals surface area contributed by atoms with E-state index in [0.717, 1.165) is 27.8 Å². The summed E-state index contributed by atoms with van der Waals surface area (Å²) >= 11 is 0. The maximum atomic E-state index is 5.97. The lowest BCUT2D eigenvalue weighted by Crippen LogP contribution is -2.38. The zero-order valence-electron chi connectivity index (χ0n) is 19.5. The first-order valence-corrected chi connectivity index (χ1v) is 11.7. The van der Waals surface area contributed by atoms with E-state index in [-0.39, 0.29) is 0 Å². The van der Waals surface area contributed by atoms with Gasteiger partial charge in [-0.3, -0.25) is 0 Å². The molecule has 0 atom stereocenters. The standard InChI is InChI=1S/C30H28N4O/c31-20-24-11-10-12-25(19-24)21-35-22-29-32-23-34(33-29)30(26-13-4-1-5-14-26,27-15-6-2-7-16-27)28-17-8-3-9-18-28/h1-19,23H,20-22,31H2. The van der Waals surface area contributed by atoms with Crippen LogP contribution >= 0.6 is 0 Å². The molecule has 0 aliphatic heterocycles. The van der Waals surface area contributed by atoms with E-state index in [4.69, 9.17) is 15.6 Å². The van der Waals surface area contributed by atoms with Gasteiger partial charge in [0.15, 0.2) is 5.82 Å². The topological polar surface area (TPSA) is 66.0 Å². The van der Waals surface area contributed by atoms with Gasteiger partial charge in [0.2, 0.25) is 0 Å². The highest BCUT2D eigenvalue weighted by Crippen LogP contribution is 2.40. The van der Waals surface area contributed by atoms with Gasteiger partial charge >= 0.3 is 0 Å². The number of nitrogens with zero attached hydrogens (tertiary/aromatic N) is 3. The van der Waals surface area contributed by atoms with Crippen molar-refractivity contribution in [1.82, 2.24) is 14.8 Å². The molecule has 5 rings (SSSR count). The molecule has 0 fully saturated rings. The van der Waals surface area contributed by atoms with Crippen molar-refractivity contribution >= 4 is 0 Å². The first-order valence-electron chi connectivity index (χ1n) is 11.7. The molecule has 0 aliphatic carbocycles. The van der Waals surface area contributed by atoms with Gasteiger partial charge in [0.1, 0.15) is 18.5 Å². The van der Waals surface area contributed by atoms with Crippen molar-refractivity contribution in [3.05, 3.63) is 155 Å². The van der Waals surface area contributed by atoms with Crippen molar-refractivity contribution < 1.29 is 4.74 Å². The van der Waals surface area contributed by atoms with Crippen LogP contribution in [-0.4, -0.2) is 14.8 Å². The molecule has 5 heteroatoms. The van der Waals surface area contributed by atoms with Crippen LogP contribution in [0, 0.1) is 0 Å². The Morgan fingerprint density at radius 1 is 0.657 bits per heavy atom. The maximum absolute atomic E-state index is 5.97. The predicted molar refractivity (Wildman–Crippen MR) is 137 cm³/mol. The Balaban J connectivity index is 1.52. The molecule has 0 saturated heterocycles. The summed E-state index contributed by atoms with van der Waals surface area (Å²) in [6.07, 6.45) is 1.81.